The molecule has 1 spiro atoms. The van der Waals surface area contributed by atoms with Crippen LogP contribution in [0.4, 0.5) is 4.79 Å². The second-order valence-corrected chi connectivity index (χ2v) is 4.12. The molecule has 0 saturated heterocycles. The van der Waals surface area contributed by atoms with E-state index in [-0.39, 0.29) is 24.0 Å². The third-order valence-corrected chi connectivity index (χ3v) is 3.16. The summed E-state index contributed by atoms with van der Waals surface area (Å²) in [6.07, 6.45) is 2.43. The Morgan fingerprint density at radius 3 is 2.87 bits per heavy atom. The second kappa shape index (κ2) is 3.25. The second-order valence-electron chi connectivity index (χ2n) is 4.12. The Balaban J connectivity index is 1.74. The van der Waals surface area contributed by atoms with Crippen molar-refractivity contribution in [3.8, 4) is 0 Å². The lowest BCUT2D eigenvalue weighted by Gasteiger charge is -2.03. The summed E-state index contributed by atoms with van der Waals surface area (Å²) in [6.45, 7) is 3.60. The third kappa shape index (κ3) is 1.69. The fourth-order valence-corrected chi connectivity index (χ4v) is 2.10. The first-order chi connectivity index (χ1) is 7.10. The number of carbonyl (C=O) groups excluding carboxylic acids is 1. The van der Waals surface area contributed by atoms with Crippen LogP contribution in [0.5, 0.6) is 0 Å². The Hall–Kier alpha value is -1.52. The van der Waals surface area contributed by atoms with Gasteiger partial charge in [-0.25, -0.2) is 4.79 Å². The highest BCUT2D eigenvalue weighted by atomic mass is 16.5. The number of aliphatic carboxylic acids is 1. The molecule has 3 atom stereocenters. The molecule has 0 radical (unpaired) electrons. The van der Waals surface area contributed by atoms with Crippen molar-refractivity contribution in [1.82, 2.24) is 5.32 Å². The van der Waals surface area contributed by atoms with Crippen molar-refractivity contribution in [2.45, 2.75) is 18.9 Å². The molecule has 0 aliphatic heterocycles. The van der Waals surface area contributed by atoms with Crippen molar-refractivity contribution in [2.75, 3.05) is 6.61 Å². The highest BCUT2D eigenvalue weighted by Crippen LogP contribution is 2.70. The molecule has 2 fully saturated rings. The van der Waals surface area contributed by atoms with Gasteiger partial charge in [0.05, 0.1) is 5.92 Å². The van der Waals surface area contributed by atoms with Gasteiger partial charge in [-0.2, -0.15) is 0 Å². The maximum atomic E-state index is 11.1. The van der Waals surface area contributed by atoms with Gasteiger partial charge in [0.2, 0.25) is 0 Å². The summed E-state index contributed by atoms with van der Waals surface area (Å²) in [5, 5.41) is 11.4. The number of carbonyl (C=O) groups is 2. The molecule has 5 nitrogen and oxygen atoms in total. The number of hydrogen-bond donors (Lipinski definition) is 2. The average Bonchev–Trinajstić information content (AvgIpc) is 3.04. The first kappa shape index (κ1) is 10.0. The Bertz CT molecular complexity index is 327. The van der Waals surface area contributed by atoms with Gasteiger partial charge in [-0.3, -0.25) is 4.79 Å². The molecule has 0 aromatic rings. The monoisotopic (exact) mass is 211 g/mol. The fraction of sp³-hybridized carbons (Fsp3) is 0.600. The molecule has 0 heterocycles. The predicted octanol–water partition coefficient (Wildman–Crippen LogP) is 0.762. The number of amides is 1. The lowest BCUT2D eigenvalue weighted by atomic mass is 10.3. The number of ether oxygens (including phenoxy) is 1. The van der Waals surface area contributed by atoms with E-state index in [0.717, 1.165) is 6.42 Å². The highest BCUT2D eigenvalue weighted by Gasteiger charge is 2.74. The van der Waals surface area contributed by atoms with Gasteiger partial charge in [0.1, 0.15) is 6.61 Å². The topological polar surface area (TPSA) is 75.6 Å². The van der Waals surface area contributed by atoms with Gasteiger partial charge in [0.25, 0.3) is 0 Å². The Labute approximate surface area is 87.1 Å². The van der Waals surface area contributed by atoms with E-state index in [2.05, 4.69) is 11.9 Å². The molecule has 3 unspecified atom stereocenters. The number of carboxylic acids is 1. The van der Waals surface area contributed by atoms with Gasteiger partial charge in [0.15, 0.2) is 0 Å². The molecule has 15 heavy (non-hydrogen) atoms. The van der Waals surface area contributed by atoms with E-state index in [1.165, 1.54) is 6.08 Å². The van der Waals surface area contributed by atoms with Crippen molar-refractivity contribution in [3.05, 3.63) is 12.7 Å². The fourth-order valence-electron chi connectivity index (χ4n) is 2.10. The highest BCUT2D eigenvalue weighted by molar-refractivity contribution is 5.77. The lowest BCUT2D eigenvalue weighted by molar-refractivity contribution is -0.139. The molecule has 0 aromatic heterocycles. The third-order valence-electron chi connectivity index (χ3n) is 3.16. The quantitative estimate of drug-likeness (QED) is 0.673. The Kier molecular flexibility index (Phi) is 2.17. The Morgan fingerprint density at radius 1 is 1.60 bits per heavy atom. The van der Waals surface area contributed by atoms with Crippen LogP contribution < -0.4 is 5.32 Å². The minimum Gasteiger partial charge on any atom is -0.481 e. The Morgan fingerprint density at radius 2 is 2.33 bits per heavy atom. The van der Waals surface area contributed by atoms with Gasteiger partial charge in [-0.1, -0.05) is 12.7 Å². The van der Waals surface area contributed by atoms with Gasteiger partial charge in [-0.15, -0.1) is 0 Å². The molecule has 2 saturated carbocycles. The van der Waals surface area contributed by atoms with E-state index < -0.39 is 12.1 Å². The van der Waals surface area contributed by atoms with Crippen LogP contribution in [-0.4, -0.2) is 29.8 Å². The summed E-state index contributed by atoms with van der Waals surface area (Å²) in [5.74, 6) is -1.04. The molecule has 82 valence electrons. The van der Waals surface area contributed by atoms with Crippen LogP contribution in [-0.2, 0) is 9.53 Å². The first-order valence-corrected chi connectivity index (χ1v) is 4.87. The summed E-state index contributed by atoms with van der Waals surface area (Å²) in [6, 6.07) is -0.0177. The van der Waals surface area contributed by atoms with Gasteiger partial charge in [0, 0.05) is 11.5 Å². The molecule has 2 aliphatic rings. The smallest absolute Gasteiger partial charge is 0.407 e. The molecular formula is C10H13NO4. The molecule has 1 amide bonds. The van der Waals surface area contributed by atoms with E-state index in [9.17, 15) is 9.59 Å². The van der Waals surface area contributed by atoms with Crippen molar-refractivity contribution >= 4 is 12.1 Å². The predicted molar refractivity (Wildman–Crippen MR) is 51.3 cm³/mol. The zero-order valence-electron chi connectivity index (χ0n) is 8.23. The maximum absolute atomic E-state index is 11.1. The van der Waals surface area contributed by atoms with Crippen LogP contribution in [0.3, 0.4) is 0 Å². The van der Waals surface area contributed by atoms with Crippen LogP contribution in [0, 0.1) is 11.3 Å². The summed E-state index contributed by atoms with van der Waals surface area (Å²) in [7, 11) is 0. The summed E-state index contributed by atoms with van der Waals surface area (Å²) < 4.78 is 4.74. The summed E-state index contributed by atoms with van der Waals surface area (Å²) in [4.78, 5) is 21.8. The average molecular weight is 211 g/mol. The molecule has 2 rings (SSSR count). The number of alkyl carbamates (subject to hydrolysis) is 1. The first-order valence-electron chi connectivity index (χ1n) is 4.87. The van der Waals surface area contributed by atoms with E-state index in [1.54, 1.807) is 0 Å². The number of carboxylic acid groups (broad SMARTS) is 1. The summed E-state index contributed by atoms with van der Waals surface area (Å²) >= 11 is 0. The zero-order valence-corrected chi connectivity index (χ0v) is 8.23. The standard InChI is InChI=1S/C10H13NO4/c1-2-3-15-9(14)11-7-5-10(7)4-6(10)8(12)13/h2,6-7H,1,3-5H2,(H,11,14)(H,12,13). The lowest BCUT2D eigenvalue weighted by Crippen LogP contribution is -2.28. The minimum absolute atomic E-state index is 0.0177. The van der Waals surface area contributed by atoms with Crippen LogP contribution in [0.1, 0.15) is 12.8 Å². The van der Waals surface area contributed by atoms with Crippen molar-refractivity contribution in [1.29, 1.82) is 0 Å². The maximum Gasteiger partial charge on any atom is 0.407 e. The van der Waals surface area contributed by atoms with Crippen LogP contribution in [0.25, 0.3) is 0 Å². The van der Waals surface area contributed by atoms with E-state index in [1.807, 2.05) is 0 Å². The number of hydrogen-bond acceptors (Lipinski definition) is 3. The molecule has 5 heteroatoms. The van der Waals surface area contributed by atoms with Gasteiger partial charge < -0.3 is 15.2 Å². The molecule has 2 aliphatic carbocycles. The molecule has 0 aromatic carbocycles. The zero-order chi connectivity index (χ0) is 11.1. The molecule has 2 N–H and O–H groups in total. The van der Waals surface area contributed by atoms with E-state index >= 15 is 0 Å². The van der Waals surface area contributed by atoms with Crippen LogP contribution in [0.2, 0.25) is 0 Å². The normalized spacial score (nSPS) is 35.7. The SMILES string of the molecule is C=CCOC(=O)NC1CC12CC2C(=O)O. The van der Waals surface area contributed by atoms with Gasteiger partial charge >= 0.3 is 12.1 Å². The summed E-state index contributed by atoms with van der Waals surface area (Å²) in [5.41, 5.74) is -0.154. The van der Waals surface area contributed by atoms with Crippen molar-refractivity contribution in [2.24, 2.45) is 11.3 Å². The minimum atomic E-state index is -0.765. The molecular weight excluding hydrogens is 198 g/mol. The van der Waals surface area contributed by atoms with Crippen LogP contribution >= 0.6 is 0 Å². The van der Waals surface area contributed by atoms with Gasteiger partial charge in [-0.05, 0) is 12.8 Å². The van der Waals surface area contributed by atoms with Crippen LogP contribution in [0.15, 0.2) is 12.7 Å². The number of rotatable bonds is 4. The van der Waals surface area contributed by atoms with E-state index in [4.69, 9.17) is 9.84 Å². The largest absolute Gasteiger partial charge is 0.481 e. The molecule has 0 bridgehead atoms. The van der Waals surface area contributed by atoms with E-state index in [0.29, 0.717) is 6.42 Å². The van der Waals surface area contributed by atoms with Crippen molar-refractivity contribution in [3.63, 3.8) is 0 Å². The number of nitrogens with one attached hydrogen (secondary N) is 1. The van der Waals surface area contributed by atoms with Crippen molar-refractivity contribution < 1.29 is 19.4 Å².